The van der Waals surface area contributed by atoms with Gasteiger partial charge in [-0.25, -0.2) is 9.59 Å². The maximum Gasteiger partial charge on any atom is 0.414 e. The molecule has 1 aliphatic carbocycles. The Morgan fingerprint density at radius 1 is 0.897 bits per heavy atom. The van der Waals surface area contributed by atoms with E-state index < -0.39 is 11.9 Å². The fraction of sp³-hybridized carbons (Fsp3) is 0.571. The lowest BCUT2D eigenvalue weighted by Gasteiger charge is -2.41. The van der Waals surface area contributed by atoms with Gasteiger partial charge >= 0.3 is 11.9 Å². The molecule has 0 bridgehead atoms. The molecular weight excluding hydrogens is 376 g/mol. The molecule has 0 spiro atoms. The molecular formula is C21H30N2O6. The van der Waals surface area contributed by atoms with E-state index in [1.54, 1.807) is 7.11 Å². The lowest BCUT2D eigenvalue weighted by molar-refractivity contribution is -0.159. The van der Waals surface area contributed by atoms with Gasteiger partial charge in [-0.3, -0.25) is 9.69 Å². The van der Waals surface area contributed by atoms with Crippen LogP contribution in [0.2, 0.25) is 0 Å². The quantitative estimate of drug-likeness (QED) is 0.741. The van der Waals surface area contributed by atoms with Gasteiger partial charge < -0.3 is 19.8 Å². The average Bonchev–Trinajstić information content (AvgIpc) is 2.74. The lowest BCUT2D eigenvalue weighted by atomic mass is 9.86. The van der Waals surface area contributed by atoms with Crippen LogP contribution in [-0.4, -0.2) is 77.2 Å². The Kier molecular flexibility index (Phi) is 8.45. The summed E-state index contributed by atoms with van der Waals surface area (Å²) in [7, 11) is 1.64. The third kappa shape index (κ3) is 6.74. The third-order valence-electron chi connectivity index (χ3n) is 5.62. The minimum atomic E-state index is -1.82. The van der Waals surface area contributed by atoms with Crippen LogP contribution in [0, 0.1) is 5.92 Å². The normalized spacial score (nSPS) is 22.2. The van der Waals surface area contributed by atoms with E-state index in [4.69, 9.17) is 24.5 Å². The number of rotatable bonds is 3. The van der Waals surface area contributed by atoms with Crippen LogP contribution in [-0.2, 0) is 9.59 Å². The van der Waals surface area contributed by atoms with Crippen LogP contribution in [0.3, 0.4) is 0 Å². The highest BCUT2D eigenvalue weighted by atomic mass is 16.5. The molecule has 2 fully saturated rings. The number of amides is 1. The standard InChI is InChI=1S/C19H28N2O2.C2H2O4/c1-15-3-7-17(8-4-15)20-11-13-21(14-12-20)19(22)16-5-9-18(23-2)10-6-16;3-1(4)2(5)6/h5-6,9-10,15,17H,3-4,7-8,11-14H2,1-2H3;(H,3,4)(H,5,6). The lowest BCUT2D eigenvalue weighted by Crippen LogP contribution is -2.52. The molecule has 1 saturated carbocycles. The van der Waals surface area contributed by atoms with E-state index >= 15 is 0 Å². The second-order valence-electron chi connectivity index (χ2n) is 7.58. The van der Waals surface area contributed by atoms with Crippen molar-refractivity contribution in [2.24, 2.45) is 5.92 Å². The molecule has 3 rings (SSSR count). The van der Waals surface area contributed by atoms with Gasteiger partial charge in [0.25, 0.3) is 5.91 Å². The van der Waals surface area contributed by atoms with E-state index in [0.29, 0.717) is 0 Å². The van der Waals surface area contributed by atoms with E-state index in [9.17, 15) is 4.79 Å². The van der Waals surface area contributed by atoms with Crippen LogP contribution in [0.15, 0.2) is 24.3 Å². The molecule has 1 aromatic carbocycles. The van der Waals surface area contributed by atoms with Crippen LogP contribution in [0.4, 0.5) is 0 Å². The molecule has 1 amide bonds. The first-order valence-corrected chi connectivity index (χ1v) is 9.95. The zero-order valence-corrected chi connectivity index (χ0v) is 17.0. The van der Waals surface area contributed by atoms with Crippen LogP contribution in [0.25, 0.3) is 0 Å². The summed E-state index contributed by atoms with van der Waals surface area (Å²) in [5.74, 6) is -1.82. The number of hydrogen-bond acceptors (Lipinski definition) is 5. The minimum Gasteiger partial charge on any atom is -0.497 e. The van der Waals surface area contributed by atoms with Crippen molar-refractivity contribution in [1.82, 2.24) is 9.80 Å². The SMILES string of the molecule is COc1ccc(C(=O)N2CCN(C3CCC(C)CC3)CC2)cc1.O=C(O)C(=O)O. The van der Waals surface area contributed by atoms with Crippen molar-refractivity contribution in [3.05, 3.63) is 29.8 Å². The number of carboxylic acid groups (broad SMARTS) is 2. The summed E-state index contributed by atoms with van der Waals surface area (Å²) in [6.07, 6.45) is 5.37. The summed E-state index contributed by atoms with van der Waals surface area (Å²) in [4.78, 5) is 35.4. The summed E-state index contributed by atoms with van der Waals surface area (Å²) in [6.45, 7) is 6.08. The maximum absolute atomic E-state index is 12.6. The Morgan fingerprint density at radius 3 is 1.86 bits per heavy atom. The van der Waals surface area contributed by atoms with E-state index in [0.717, 1.165) is 49.5 Å². The van der Waals surface area contributed by atoms with Crippen LogP contribution >= 0.6 is 0 Å². The first kappa shape index (κ1) is 22.7. The van der Waals surface area contributed by atoms with Gasteiger partial charge in [0.05, 0.1) is 7.11 Å². The smallest absolute Gasteiger partial charge is 0.414 e. The zero-order chi connectivity index (χ0) is 21.4. The molecule has 1 saturated heterocycles. The van der Waals surface area contributed by atoms with Gasteiger partial charge in [-0.05, 0) is 55.9 Å². The summed E-state index contributed by atoms with van der Waals surface area (Å²) in [6, 6.07) is 8.16. The number of carbonyl (C=O) groups excluding carboxylic acids is 1. The molecule has 0 aromatic heterocycles. The number of carbonyl (C=O) groups is 3. The number of benzene rings is 1. The molecule has 2 N–H and O–H groups in total. The first-order chi connectivity index (χ1) is 13.8. The van der Waals surface area contributed by atoms with Gasteiger partial charge in [-0.15, -0.1) is 0 Å². The Morgan fingerprint density at radius 2 is 1.41 bits per heavy atom. The maximum atomic E-state index is 12.6. The van der Waals surface area contributed by atoms with Crippen molar-refractivity contribution in [1.29, 1.82) is 0 Å². The Bertz CT molecular complexity index is 678. The number of hydrogen-bond donors (Lipinski definition) is 2. The summed E-state index contributed by atoms with van der Waals surface area (Å²) in [5.41, 5.74) is 0.755. The molecule has 160 valence electrons. The van der Waals surface area contributed by atoms with Crippen molar-refractivity contribution in [2.75, 3.05) is 33.3 Å². The predicted molar refractivity (Wildman–Crippen MR) is 107 cm³/mol. The molecule has 2 aliphatic rings. The second kappa shape index (κ2) is 10.8. The molecule has 0 radical (unpaired) electrons. The third-order valence-corrected chi connectivity index (χ3v) is 5.62. The van der Waals surface area contributed by atoms with Crippen molar-refractivity contribution in [3.8, 4) is 5.75 Å². The van der Waals surface area contributed by atoms with Crippen molar-refractivity contribution in [2.45, 2.75) is 38.6 Å². The largest absolute Gasteiger partial charge is 0.497 e. The Hall–Kier alpha value is -2.61. The summed E-state index contributed by atoms with van der Waals surface area (Å²) < 4.78 is 5.15. The molecule has 8 heteroatoms. The molecule has 1 aliphatic heterocycles. The van der Waals surface area contributed by atoms with Crippen molar-refractivity contribution >= 4 is 17.8 Å². The zero-order valence-electron chi connectivity index (χ0n) is 17.0. The fourth-order valence-electron chi connectivity index (χ4n) is 3.81. The van der Waals surface area contributed by atoms with Gasteiger partial charge in [-0.1, -0.05) is 6.92 Å². The van der Waals surface area contributed by atoms with Crippen molar-refractivity contribution in [3.63, 3.8) is 0 Å². The molecule has 29 heavy (non-hydrogen) atoms. The van der Waals surface area contributed by atoms with Crippen LogP contribution < -0.4 is 4.74 Å². The second-order valence-corrected chi connectivity index (χ2v) is 7.58. The summed E-state index contributed by atoms with van der Waals surface area (Å²) >= 11 is 0. The topological polar surface area (TPSA) is 107 Å². The average molecular weight is 406 g/mol. The highest BCUT2D eigenvalue weighted by Gasteiger charge is 2.28. The highest BCUT2D eigenvalue weighted by molar-refractivity contribution is 6.27. The van der Waals surface area contributed by atoms with Gasteiger partial charge in [0.2, 0.25) is 0 Å². The Labute approximate surface area is 171 Å². The van der Waals surface area contributed by atoms with Gasteiger partial charge in [-0.2, -0.15) is 0 Å². The number of methoxy groups -OCH3 is 1. The van der Waals surface area contributed by atoms with E-state index in [-0.39, 0.29) is 5.91 Å². The molecule has 1 aromatic rings. The summed E-state index contributed by atoms with van der Waals surface area (Å²) in [5, 5.41) is 14.8. The fourth-order valence-corrected chi connectivity index (χ4v) is 3.81. The van der Waals surface area contributed by atoms with Gasteiger partial charge in [0, 0.05) is 37.8 Å². The number of piperazine rings is 1. The number of ether oxygens (including phenoxy) is 1. The molecule has 1 heterocycles. The monoisotopic (exact) mass is 406 g/mol. The van der Waals surface area contributed by atoms with Gasteiger partial charge in [0.15, 0.2) is 0 Å². The minimum absolute atomic E-state index is 0.143. The van der Waals surface area contributed by atoms with E-state index in [1.165, 1.54) is 25.7 Å². The number of carboxylic acids is 2. The molecule has 0 atom stereocenters. The molecule has 0 unspecified atom stereocenters. The Balaban J connectivity index is 0.000000438. The molecule has 8 nitrogen and oxygen atoms in total. The van der Waals surface area contributed by atoms with Gasteiger partial charge in [0.1, 0.15) is 5.75 Å². The van der Waals surface area contributed by atoms with Crippen LogP contribution in [0.5, 0.6) is 5.75 Å². The number of aliphatic carboxylic acids is 2. The van der Waals surface area contributed by atoms with Crippen LogP contribution in [0.1, 0.15) is 43.0 Å². The first-order valence-electron chi connectivity index (χ1n) is 9.95. The van der Waals surface area contributed by atoms with E-state index in [1.807, 2.05) is 29.2 Å². The van der Waals surface area contributed by atoms with E-state index in [2.05, 4.69) is 11.8 Å². The predicted octanol–water partition coefficient (Wildman–Crippen LogP) is 2.19. The highest BCUT2D eigenvalue weighted by Crippen LogP contribution is 2.27. The van der Waals surface area contributed by atoms with Crippen molar-refractivity contribution < 1.29 is 29.3 Å². The number of nitrogens with zero attached hydrogens (tertiary/aromatic N) is 2.